The van der Waals surface area contributed by atoms with Gasteiger partial charge in [-0.05, 0) is 97.7 Å². The lowest BCUT2D eigenvalue weighted by atomic mass is 9.72. The van der Waals surface area contributed by atoms with Gasteiger partial charge in [-0.15, -0.1) is 0 Å². The van der Waals surface area contributed by atoms with Crippen LogP contribution in [0.5, 0.6) is 5.75 Å². The second kappa shape index (κ2) is 11.3. The Kier molecular flexibility index (Phi) is 7.64. The van der Waals surface area contributed by atoms with E-state index < -0.39 is 0 Å². The predicted octanol–water partition coefficient (Wildman–Crippen LogP) is 6.48. The molecule has 200 valence electrons. The summed E-state index contributed by atoms with van der Waals surface area (Å²) >= 11 is 0. The lowest BCUT2D eigenvalue weighted by Crippen LogP contribution is -2.28. The molecule has 0 bridgehead atoms. The van der Waals surface area contributed by atoms with Gasteiger partial charge in [0.25, 0.3) is 0 Å². The number of hydrogen-bond donors (Lipinski definition) is 1. The second-order valence-corrected chi connectivity index (χ2v) is 10.3. The van der Waals surface area contributed by atoms with E-state index in [2.05, 4.69) is 35.4 Å². The van der Waals surface area contributed by atoms with Crippen molar-refractivity contribution < 1.29 is 13.9 Å². The number of nitrogens with one attached hydrogen (secondary N) is 1. The summed E-state index contributed by atoms with van der Waals surface area (Å²) in [4.78, 5) is 16.9. The van der Waals surface area contributed by atoms with E-state index in [1.807, 2.05) is 48.0 Å². The summed E-state index contributed by atoms with van der Waals surface area (Å²) in [5.74, 6) is 0.342. The molecule has 1 amide bonds. The van der Waals surface area contributed by atoms with E-state index in [1.165, 1.54) is 16.7 Å². The third kappa shape index (κ3) is 5.51. The van der Waals surface area contributed by atoms with Crippen LogP contribution in [0.4, 0.5) is 4.39 Å². The Bertz CT molecular complexity index is 1510. The lowest BCUT2D eigenvalue weighted by Gasteiger charge is -2.32. The molecular weight excluding hydrogens is 489 g/mol. The molecule has 5 rings (SSSR count). The van der Waals surface area contributed by atoms with E-state index in [0.29, 0.717) is 12.3 Å². The highest BCUT2D eigenvalue weighted by Gasteiger charge is 2.40. The zero-order chi connectivity index (χ0) is 27.4. The Hall–Kier alpha value is -4.19. The molecular formula is C33H34FN3O2. The van der Waals surface area contributed by atoms with Crippen molar-refractivity contribution in [3.05, 3.63) is 119 Å². The van der Waals surface area contributed by atoms with Crippen molar-refractivity contribution in [3.63, 3.8) is 0 Å². The van der Waals surface area contributed by atoms with Crippen molar-refractivity contribution >= 4 is 12.0 Å². The minimum absolute atomic E-state index is 0.137. The Morgan fingerprint density at radius 3 is 2.72 bits per heavy atom. The van der Waals surface area contributed by atoms with Crippen LogP contribution in [0.2, 0.25) is 0 Å². The molecule has 1 heterocycles. The summed E-state index contributed by atoms with van der Waals surface area (Å²) < 4.78 is 21.2. The van der Waals surface area contributed by atoms with Gasteiger partial charge in [-0.2, -0.15) is 0 Å². The summed E-state index contributed by atoms with van der Waals surface area (Å²) in [6, 6.07) is 19.2. The largest absolute Gasteiger partial charge is 0.495 e. The highest BCUT2D eigenvalue weighted by atomic mass is 19.1. The van der Waals surface area contributed by atoms with Crippen molar-refractivity contribution in [2.75, 3.05) is 13.7 Å². The maximum atomic E-state index is 13.7. The second-order valence-electron chi connectivity index (χ2n) is 10.3. The standard InChI is InChI=1S/C33H34FN3O2/c1-23-6-4-7-29-28(23)16-18-33(29,26-10-12-27(34)13-11-26)17-5-19-35-32(38)15-9-25-8-14-30(31(20-25)39-3)37-21-24(2)36-22-37/h4,6-15,20-22H,5,16-19H2,1-3H3,(H,35,38). The van der Waals surface area contributed by atoms with Crippen LogP contribution >= 0.6 is 0 Å². The van der Waals surface area contributed by atoms with Gasteiger partial charge >= 0.3 is 0 Å². The summed E-state index contributed by atoms with van der Waals surface area (Å²) in [7, 11) is 1.63. The highest BCUT2D eigenvalue weighted by Crippen LogP contribution is 2.48. The highest BCUT2D eigenvalue weighted by molar-refractivity contribution is 5.91. The molecule has 0 radical (unpaired) electrons. The van der Waals surface area contributed by atoms with E-state index >= 15 is 0 Å². The van der Waals surface area contributed by atoms with Crippen LogP contribution in [0, 0.1) is 19.7 Å². The van der Waals surface area contributed by atoms with Gasteiger partial charge in [0.05, 0.1) is 24.8 Å². The Morgan fingerprint density at radius 2 is 1.97 bits per heavy atom. The van der Waals surface area contributed by atoms with Crippen molar-refractivity contribution in [3.8, 4) is 11.4 Å². The van der Waals surface area contributed by atoms with E-state index in [9.17, 15) is 9.18 Å². The topological polar surface area (TPSA) is 56.1 Å². The minimum Gasteiger partial charge on any atom is -0.495 e. The molecule has 1 aromatic heterocycles. The normalized spacial score (nSPS) is 16.4. The SMILES string of the molecule is COc1cc(C=CC(=O)NCCCC2(c3ccc(F)cc3)CCc3c(C)cccc32)ccc1-n1cnc(C)c1. The molecule has 0 aliphatic heterocycles. The van der Waals surface area contributed by atoms with Crippen molar-refractivity contribution in [2.24, 2.45) is 0 Å². The number of imidazole rings is 1. The first-order valence-corrected chi connectivity index (χ1v) is 13.4. The number of carbonyl (C=O) groups is 1. The summed E-state index contributed by atoms with van der Waals surface area (Å²) in [6.07, 6.45) is 10.7. The van der Waals surface area contributed by atoms with Crippen LogP contribution in [0.15, 0.2) is 79.3 Å². The molecule has 0 saturated heterocycles. The Morgan fingerprint density at radius 1 is 1.15 bits per heavy atom. The Labute approximate surface area is 229 Å². The summed E-state index contributed by atoms with van der Waals surface area (Å²) in [5, 5.41) is 3.03. The molecule has 39 heavy (non-hydrogen) atoms. The van der Waals surface area contributed by atoms with Gasteiger partial charge in [-0.1, -0.05) is 36.4 Å². The van der Waals surface area contributed by atoms with Crippen molar-refractivity contribution in [1.29, 1.82) is 0 Å². The molecule has 0 saturated carbocycles. The monoisotopic (exact) mass is 523 g/mol. The minimum atomic E-state index is -0.223. The molecule has 4 aromatic rings. The van der Waals surface area contributed by atoms with Crippen LogP contribution in [0.1, 0.15) is 52.8 Å². The fraction of sp³-hybridized carbons (Fsp3) is 0.273. The molecule has 6 heteroatoms. The summed E-state index contributed by atoms with van der Waals surface area (Å²) in [6.45, 7) is 4.67. The number of nitrogens with zero attached hydrogens (tertiary/aromatic N) is 2. The average molecular weight is 524 g/mol. The van der Waals surface area contributed by atoms with Crippen LogP contribution in [0.25, 0.3) is 11.8 Å². The number of methoxy groups -OCH3 is 1. The third-order valence-corrected chi connectivity index (χ3v) is 7.82. The first-order chi connectivity index (χ1) is 18.9. The maximum Gasteiger partial charge on any atom is 0.243 e. The molecule has 1 N–H and O–H groups in total. The smallest absolute Gasteiger partial charge is 0.243 e. The van der Waals surface area contributed by atoms with Crippen molar-refractivity contribution in [2.45, 2.75) is 44.9 Å². The number of ether oxygens (including phenoxy) is 1. The van der Waals surface area contributed by atoms with E-state index in [-0.39, 0.29) is 17.1 Å². The molecule has 1 aliphatic carbocycles. The number of benzene rings is 3. The number of hydrogen-bond acceptors (Lipinski definition) is 3. The predicted molar refractivity (Wildman–Crippen MR) is 153 cm³/mol. The van der Waals surface area contributed by atoms with Gasteiger partial charge in [0.1, 0.15) is 11.6 Å². The number of aromatic nitrogens is 2. The van der Waals surface area contributed by atoms with Gasteiger partial charge in [0, 0.05) is 24.2 Å². The molecule has 5 nitrogen and oxygen atoms in total. The van der Waals surface area contributed by atoms with E-state index in [4.69, 9.17) is 4.74 Å². The fourth-order valence-electron chi connectivity index (χ4n) is 5.83. The zero-order valence-electron chi connectivity index (χ0n) is 22.7. The molecule has 1 aliphatic rings. The number of rotatable bonds is 9. The van der Waals surface area contributed by atoms with Crippen LogP contribution in [-0.4, -0.2) is 29.1 Å². The average Bonchev–Trinajstić information content (AvgIpc) is 3.55. The maximum absolute atomic E-state index is 13.7. The first kappa shape index (κ1) is 26.4. The third-order valence-electron chi connectivity index (χ3n) is 7.82. The van der Waals surface area contributed by atoms with Gasteiger partial charge in [0.15, 0.2) is 0 Å². The van der Waals surface area contributed by atoms with Crippen LogP contribution in [-0.2, 0) is 16.6 Å². The number of fused-ring (bicyclic) bond motifs is 1. The number of aryl methyl sites for hydroxylation is 2. The number of halogens is 1. The Balaban J connectivity index is 1.23. The molecule has 0 fully saturated rings. The fourth-order valence-corrected chi connectivity index (χ4v) is 5.83. The number of amides is 1. The lowest BCUT2D eigenvalue weighted by molar-refractivity contribution is -0.116. The molecule has 1 unspecified atom stereocenters. The van der Waals surface area contributed by atoms with Crippen LogP contribution < -0.4 is 10.1 Å². The molecule has 3 aromatic carbocycles. The molecule has 0 spiro atoms. The quantitative estimate of drug-likeness (QED) is 0.202. The van der Waals surface area contributed by atoms with Gasteiger partial charge in [-0.25, -0.2) is 9.37 Å². The van der Waals surface area contributed by atoms with E-state index in [1.54, 1.807) is 37.7 Å². The van der Waals surface area contributed by atoms with Crippen LogP contribution in [0.3, 0.4) is 0 Å². The first-order valence-electron chi connectivity index (χ1n) is 13.4. The van der Waals surface area contributed by atoms with Gasteiger partial charge < -0.3 is 14.6 Å². The zero-order valence-corrected chi connectivity index (χ0v) is 22.7. The molecule has 1 atom stereocenters. The summed E-state index contributed by atoms with van der Waals surface area (Å²) in [5.41, 5.74) is 7.70. The van der Waals surface area contributed by atoms with Crippen molar-refractivity contribution in [1.82, 2.24) is 14.9 Å². The van der Waals surface area contributed by atoms with E-state index in [0.717, 1.165) is 48.2 Å². The number of carbonyl (C=O) groups excluding carboxylic acids is 1. The van der Waals surface area contributed by atoms with Gasteiger partial charge in [-0.3, -0.25) is 4.79 Å². The van der Waals surface area contributed by atoms with Gasteiger partial charge in [0.2, 0.25) is 5.91 Å².